The molecule has 0 fully saturated rings. The zero-order valence-corrected chi connectivity index (χ0v) is 22.0. The summed E-state index contributed by atoms with van der Waals surface area (Å²) in [6, 6.07) is 1.35. The summed E-state index contributed by atoms with van der Waals surface area (Å²) >= 11 is 1.45. The number of aromatic hydroxyl groups is 1. The lowest BCUT2D eigenvalue weighted by Gasteiger charge is -2.25. The molecule has 5 atom stereocenters. The summed E-state index contributed by atoms with van der Waals surface area (Å²) < 4.78 is 0. The summed E-state index contributed by atoms with van der Waals surface area (Å²) in [5.74, 6) is -2.74. The molecule has 208 valence electrons. The Kier molecular flexibility index (Phi) is 14.6. The first-order valence-electron chi connectivity index (χ1n) is 12.0. The minimum absolute atomic E-state index is 0.0282. The number of carbonyl (C=O) groups is 4. The van der Waals surface area contributed by atoms with Crippen molar-refractivity contribution in [3.05, 3.63) is 29.8 Å². The number of rotatable bonds is 17. The Morgan fingerprint density at radius 3 is 1.97 bits per heavy atom. The fourth-order valence-electron chi connectivity index (χ4n) is 3.37. The van der Waals surface area contributed by atoms with Gasteiger partial charge in [-0.1, -0.05) is 12.1 Å². The van der Waals surface area contributed by atoms with Gasteiger partial charge < -0.3 is 42.7 Å². The number of carboxylic acids is 1. The number of nitrogens with one attached hydrogen (secondary N) is 3. The number of carbonyl (C=O) groups excluding carboxylic acids is 3. The molecule has 1 aromatic rings. The van der Waals surface area contributed by atoms with Crippen molar-refractivity contribution >= 4 is 35.5 Å². The number of thioether (sulfide) groups is 1. The minimum Gasteiger partial charge on any atom is -0.508 e. The van der Waals surface area contributed by atoms with E-state index in [2.05, 4.69) is 16.0 Å². The van der Waals surface area contributed by atoms with Crippen molar-refractivity contribution in [2.24, 2.45) is 11.5 Å². The van der Waals surface area contributed by atoms with E-state index in [0.717, 1.165) is 0 Å². The van der Waals surface area contributed by atoms with Crippen LogP contribution in [0, 0.1) is 0 Å². The van der Waals surface area contributed by atoms with E-state index in [4.69, 9.17) is 11.5 Å². The fraction of sp³-hybridized carbons (Fsp3) is 0.583. The van der Waals surface area contributed by atoms with Crippen molar-refractivity contribution in [2.45, 2.75) is 69.3 Å². The SMILES string of the molecule is CSCCC(NC(=O)C(CCCCN)NC(=O)C(N)C(C)O)C(=O)NC(Cc1ccc(O)cc1)C(=O)O. The number of aliphatic carboxylic acids is 1. The molecule has 0 aliphatic rings. The molecule has 0 saturated carbocycles. The summed E-state index contributed by atoms with van der Waals surface area (Å²) in [5.41, 5.74) is 11.8. The van der Waals surface area contributed by atoms with Gasteiger partial charge in [-0.3, -0.25) is 14.4 Å². The molecule has 0 saturated heterocycles. The van der Waals surface area contributed by atoms with E-state index in [1.807, 2.05) is 6.26 Å². The quantitative estimate of drug-likeness (QED) is 0.113. The summed E-state index contributed by atoms with van der Waals surface area (Å²) in [4.78, 5) is 50.3. The summed E-state index contributed by atoms with van der Waals surface area (Å²) in [6.07, 6.45) is 2.26. The van der Waals surface area contributed by atoms with Crippen LogP contribution in [0.25, 0.3) is 0 Å². The standard InChI is InChI=1S/C24H39N5O7S/c1-14(30)20(26)23(34)28-17(5-3-4-11-25)21(32)27-18(10-12-37-2)22(33)29-19(24(35)36)13-15-6-8-16(31)9-7-15/h6-9,14,17-20,30-31H,3-5,10-13,25-26H2,1-2H3,(H,27,32)(H,28,34)(H,29,33)(H,35,36). The van der Waals surface area contributed by atoms with Crippen LogP contribution in [-0.2, 0) is 25.6 Å². The number of aliphatic hydroxyl groups excluding tert-OH is 1. The second kappa shape index (κ2) is 16.8. The van der Waals surface area contributed by atoms with Crippen molar-refractivity contribution in [1.82, 2.24) is 16.0 Å². The molecule has 0 heterocycles. The van der Waals surface area contributed by atoms with Crippen LogP contribution in [0.3, 0.4) is 0 Å². The number of hydrogen-bond donors (Lipinski definition) is 8. The minimum atomic E-state index is -1.27. The largest absolute Gasteiger partial charge is 0.508 e. The van der Waals surface area contributed by atoms with Crippen LogP contribution in [0.15, 0.2) is 24.3 Å². The molecule has 10 N–H and O–H groups in total. The van der Waals surface area contributed by atoms with Gasteiger partial charge in [-0.25, -0.2) is 4.79 Å². The smallest absolute Gasteiger partial charge is 0.326 e. The topological polar surface area (TPSA) is 217 Å². The number of amides is 3. The van der Waals surface area contributed by atoms with Gasteiger partial charge in [0.15, 0.2) is 0 Å². The van der Waals surface area contributed by atoms with Gasteiger partial charge in [0.1, 0.15) is 29.9 Å². The van der Waals surface area contributed by atoms with Crippen LogP contribution < -0.4 is 27.4 Å². The first-order chi connectivity index (χ1) is 17.5. The molecular weight excluding hydrogens is 502 g/mol. The summed E-state index contributed by atoms with van der Waals surface area (Å²) in [7, 11) is 0. The van der Waals surface area contributed by atoms with Crippen LogP contribution >= 0.6 is 11.8 Å². The molecule has 5 unspecified atom stereocenters. The lowest BCUT2D eigenvalue weighted by molar-refractivity contribution is -0.142. The molecule has 1 rings (SSSR count). The second-order valence-corrected chi connectivity index (χ2v) is 9.71. The highest BCUT2D eigenvalue weighted by Gasteiger charge is 2.30. The van der Waals surface area contributed by atoms with E-state index in [1.54, 1.807) is 12.1 Å². The third-order valence-corrected chi connectivity index (χ3v) is 6.28. The third kappa shape index (κ3) is 11.8. The van der Waals surface area contributed by atoms with Crippen molar-refractivity contribution in [2.75, 3.05) is 18.6 Å². The predicted octanol–water partition coefficient (Wildman–Crippen LogP) is -0.936. The number of aliphatic hydroxyl groups is 1. The first-order valence-corrected chi connectivity index (χ1v) is 13.4. The molecule has 0 aromatic heterocycles. The van der Waals surface area contributed by atoms with E-state index >= 15 is 0 Å². The number of phenols is 1. The van der Waals surface area contributed by atoms with Crippen LogP contribution in [0.4, 0.5) is 0 Å². The number of nitrogens with two attached hydrogens (primary N) is 2. The van der Waals surface area contributed by atoms with Gasteiger partial charge in [0.25, 0.3) is 0 Å². The van der Waals surface area contributed by atoms with Crippen LogP contribution in [0.5, 0.6) is 5.75 Å². The number of carboxylic acid groups (broad SMARTS) is 1. The Labute approximate surface area is 220 Å². The van der Waals surface area contributed by atoms with E-state index in [9.17, 15) is 34.5 Å². The van der Waals surface area contributed by atoms with Gasteiger partial charge >= 0.3 is 5.97 Å². The van der Waals surface area contributed by atoms with E-state index < -0.39 is 54.0 Å². The maximum absolute atomic E-state index is 13.1. The zero-order valence-electron chi connectivity index (χ0n) is 21.2. The summed E-state index contributed by atoms with van der Waals surface area (Å²) in [6.45, 7) is 1.75. The summed E-state index contributed by atoms with van der Waals surface area (Å²) in [5, 5.41) is 36.3. The van der Waals surface area contributed by atoms with Crippen LogP contribution in [-0.4, -0.2) is 87.8 Å². The number of phenolic OH excluding ortho intramolecular Hbond substituents is 1. The van der Waals surface area contributed by atoms with E-state index in [1.165, 1.54) is 30.8 Å². The molecule has 13 heteroatoms. The normalized spacial score (nSPS) is 15.1. The fourth-order valence-corrected chi connectivity index (χ4v) is 3.84. The number of benzene rings is 1. The third-order valence-electron chi connectivity index (χ3n) is 5.64. The van der Waals surface area contributed by atoms with Crippen molar-refractivity contribution in [3.63, 3.8) is 0 Å². The molecular formula is C24H39N5O7S. The van der Waals surface area contributed by atoms with Crippen LogP contribution in [0.2, 0.25) is 0 Å². The van der Waals surface area contributed by atoms with Gasteiger partial charge in [-0.2, -0.15) is 11.8 Å². The maximum Gasteiger partial charge on any atom is 0.326 e. The Hall–Kier alpha value is -2.87. The van der Waals surface area contributed by atoms with E-state index in [0.29, 0.717) is 30.7 Å². The number of unbranched alkanes of at least 4 members (excludes halogenated alkanes) is 1. The lowest BCUT2D eigenvalue weighted by atomic mass is 10.0. The Bertz CT molecular complexity index is 885. The molecule has 0 radical (unpaired) electrons. The van der Waals surface area contributed by atoms with Crippen molar-refractivity contribution in [3.8, 4) is 5.75 Å². The highest BCUT2D eigenvalue weighted by atomic mass is 32.2. The molecule has 0 aliphatic heterocycles. The van der Waals surface area contributed by atoms with Crippen LogP contribution in [0.1, 0.15) is 38.2 Å². The van der Waals surface area contributed by atoms with Gasteiger partial charge in [-0.05, 0) is 68.9 Å². The molecule has 37 heavy (non-hydrogen) atoms. The molecule has 1 aromatic carbocycles. The maximum atomic E-state index is 13.1. The highest BCUT2D eigenvalue weighted by molar-refractivity contribution is 7.98. The molecule has 12 nitrogen and oxygen atoms in total. The van der Waals surface area contributed by atoms with Gasteiger partial charge in [0.05, 0.1) is 6.10 Å². The Balaban J connectivity index is 2.99. The first kappa shape index (κ1) is 32.2. The van der Waals surface area contributed by atoms with Crippen molar-refractivity contribution in [1.29, 1.82) is 0 Å². The monoisotopic (exact) mass is 541 g/mol. The molecule has 0 bridgehead atoms. The zero-order chi connectivity index (χ0) is 28.0. The predicted molar refractivity (Wildman–Crippen MR) is 141 cm³/mol. The van der Waals surface area contributed by atoms with Crippen molar-refractivity contribution < 1.29 is 34.5 Å². The highest BCUT2D eigenvalue weighted by Crippen LogP contribution is 2.12. The Morgan fingerprint density at radius 2 is 1.46 bits per heavy atom. The molecule has 0 aliphatic carbocycles. The average Bonchev–Trinajstić information content (AvgIpc) is 2.85. The van der Waals surface area contributed by atoms with E-state index in [-0.39, 0.29) is 25.0 Å². The second-order valence-electron chi connectivity index (χ2n) is 8.72. The molecule has 3 amide bonds. The van der Waals surface area contributed by atoms with Gasteiger partial charge in [0.2, 0.25) is 17.7 Å². The number of hydrogen-bond acceptors (Lipinski definition) is 9. The van der Waals surface area contributed by atoms with Gasteiger partial charge in [-0.15, -0.1) is 0 Å². The molecule has 0 spiro atoms. The average molecular weight is 542 g/mol. The lowest BCUT2D eigenvalue weighted by Crippen LogP contribution is -2.58. The van der Waals surface area contributed by atoms with Gasteiger partial charge in [0, 0.05) is 6.42 Å². The Morgan fingerprint density at radius 1 is 0.919 bits per heavy atom.